The molecule has 4 fully saturated rings. The Morgan fingerprint density at radius 1 is 1.09 bits per heavy atom. The van der Waals surface area contributed by atoms with Gasteiger partial charge in [0.05, 0.1) is 5.56 Å². The van der Waals surface area contributed by atoms with E-state index in [-0.39, 0.29) is 5.41 Å². The van der Waals surface area contributed by atoms with Crippen LogP contribution in [0.4, 0.5) is 0 Å². The van der Waals surface area contributed by atoms with E-state index in [9.17, 15) is 4.79 Å². The first kappa shape index (κ1) is 13.8. The summed E-state index contributed by atoms with van der Waals surface area (Å²) >= 11 is 0. The van der Waals surface area contributed by atoms with E-state index in [0.717, 1.165) is 55.0 Å². The molecule has 1 aliphatic heterocycles. The standard InChI is InChI=1S/C20H24N2O/c21-19-17-4-2-1-3-16(17)11-22(19)12-18(23)20-8-13-5-14(9-20)7-15(6-13)10-20/h1-4,13-15,21H,5-12H2/p+1. The lowest BCUT2D eigenvalue weighted by atomic mass is 9.48. The van der Waals surface area contributed by atoms with Crippen LogP contribution in [-0.2, 0) is 11.3 Å². The third-order valence-electron chi connectivity index (χ3n) is 6.96. The summed E-state index contributed by atoms with van der Waals surface area (Å²) in [6.07, 6.45) is 7.61. The molecule has 5 aliphatic rings. The van der Waals surface area contributed by atoms with Gasteiger partial charge in [0.15, 0.2) is 5.78 Å². The van der Waals surface area contributed by atoms with Crippen LogP contribution in [0.5, 0.6) is 0 Å². The number of nitrogens with zero attached hydrogens (tertiary/aromatic N) is 1. The molecule has 0 aromatic heterocycles. The highest BCUT2D eigenvalue weighted by molar-refractivity contribution is 5.97. The van der Waals surface area contributed by atoms with E-state index in [2.05, 4.69) is 22.8 Å². The van der Waals surface area contributed by atoms with E-state index >= 15 is 0 Å². The molecule has 0 atom stereocenters. The Labute approximate surface area is 137 Å². The fourth-order valence-electron chi connectivity index (χ4n) is 6.30. The third-order valence-corrected chi connectivity index (χ3v) is 6.96. The quantitative estimate of drug-likeness (QED) is 0.873. The SMILES string of the molecule is NC1=[N+](CC(=O)C23CC4CC(CC(C4)C2)C3)Cc2ccccc21. The highest BCUT2D eigenvalue weighted by Gasteiger charge is 2.54. The summed E-state index contributed by atoms with van der Waals surface area (Å²) in [6, 6.07) is 8.27. The maximum absolute atomic E-state index is 13.2. The van der Waals surface area contributed by atoms with Crippen molar-refractivity contribution in [2.45, 2.75) is 45.1 Å². The Morgan fingerprint density at radius 2 is 1.70 bits per heavy atom. The van der Waals surface area contributed by atoms with Crippen molar-refractivity contribution in [3.63, 3.8) is 0 Å². The minimum atomic E-state index is -0.0101. The number of hydrogen-bond acceptors (Lipinski definition) is 2. The Balaban J connectivity index is 1.40. The van der Waals surface area contributed by atoms with Gasteiger partial charge in [0.25, 0.3) is 5.84 Å². The fraction of sp³-hybridized carbons (Fsp3) is 0.600. The number of fused-ring (bicyclic) bond motifs is 1. The van der Waals surface area contributed by atoms with Crippen LogP contribution >= 0.6 is 0 Å². The van der Waals surface area contributed by atoms with E-state index in [1.54, 1.807) is 0 Å². The second kappa shape index (κ2) is 4.68. The summed E-state index contributed by atoms with van der Waals surface area (Å²) in [4.78, 5) is 13.2. The summed E-state index contributed by atoms with van der Waals surface area (Å²) in [5.41, 5.74) is 8.68. The van der Waals surface area contributed by atoms with Gasteiger partial charge in [-0.2, -0.15) is 0 Å². The molecule has 6 rings (SSSR count). The van der Waals surface area contributed by atoms with Crippen LogP contribution in [0.2, 0.25) is 0 Å². The first-order valence-electron chi connectivity index (χ1n) is 9.12. The lowest BCUT2D eigenvalue weighted by molar-refractivity contribution is -0.529. The number of hydrogen-bond donors (Lipinski definition) is 1. The van der Waals surface area contributed by atoms with E-state index in [1.807, 2.05) is 6.07 Å². The lowest BCUT2D eigenvalue weighted by Crippen LogP contribution is -2.51. The summed E-state index contributed by atoms with van der Waals surface area (Å²) in [6.45, 7) is 1.30. The Hall–Kier alpha value is -1.64. The van der Waals surface area contributed by atoms with Crippen LogP contribution < -0.4 is 5.73 Å². The molecule has 4 bridgehead atoms. The largest absolute Gasteiger partial charge is 0.295 e. The zero-order chi connectivity index (χ0) is 15.6. The molecule has 0 saturated heterocycles. The molecule has 3 heteroatoms. The summed E-state index contributed by atoms with van der Waals surface area (Å²) in [7, 11) is 0. The molecule has 0 amide bonds. The predicted octanol–water partition coefficient (Wildman–Crippen LogP) is 2.70. The van der Waals surface area contributed by atoms with Gasteiger partial charge >= 0.3 is 0 Å². The number of ketones is 1. The minimum absolute atomic E-state index is 0.0101. The van der Waals surface area contributed by atoms with Crippen LogP contribution in [0.15, 0.2) is 24.3 Å². The number of carbonyl (C=O) groups is 1. The number of nitrogens with two attached hydrogens (primary N) is 1. The number of rotatable bonds is 3. The number of carbonyl (C=O) groups excluding carboxylic acids is 1. The molecule has 1 aromatic rings. The van der Waals surface area contributed by atoms with Gasteiger partial charge < -0.3 is 0 Å². The third kappa shape index (κ3) is 2.02. The Bertz CT molecular complexity index is 683. The van der Waals surface area contributed by atoms with Crippen LogP contribution in [0.1, 0.15) is 49.7 Å². The van der Waals surface area contributed by atoms with E-state index in [4.69, 9.17) is 5.73 Å². The lowest BCUT2D eigenvalue weighted by Gasteiger charge is -2.55. The maximum atomic E-state index is 13.2. The van der Waals surface area contributed by atoms with Gasteiger partial charge in [0.1, 0.15) is 13.1 Å². The topological polar surface area (TPSA) is 46.1 Å². The predicted molar refractivity (Wildman–Crippen MR) is 89.2 cm³/mol. The average molecular weight is 309 g/mol. The molecule has 1 heterocycles. The number of Topliss-reactive ketones (excluding diaryl/α,β-unsaturated/α-hetero) is 1. The highest BCUT2D eigenvalue weighted by Crippen LogP contribution is 2.60. The van der Waals surface area contributed by atoms with Gasteiger partial charge in [0, 0.05) is 11.0 Å². The molecule has 0 radical (unpaired) electrons. The van der Waals surface area contributed by atoms with E-state index in [0.29, 0.717) is 12.3 Å². The molecule has 2 N–H and O–H groups in total. The molecule has 3 nitrogen and oxygen atoms in total. The van der Waals surface area contributed by atoms with Crippen molar-refractivity contribution in [2.24, 2.45) is 28.9 Å². The van der Waals surface area contributed by atoms with Gasteiger partial charge in [-0.1, -0.05) is 18.2 Å². The van der Waals surface area contributed by atoms with Crippen molar-refractivity contribution in [3.8, 4) is 0 Å². The van der Waals surface area contributed by atoms with Gasteiger partial charge in [-0.15, -0.1) is 0 Å². The summed E-state index contributed by atoms with van der Waals surface area (Å²) < 4.78 is 2.10. The molecule has 23 heavy (non-hydrogen) atoms. The number of benzene rings is 1. The van der Waals surface area contributed by atoms with Gasteiger partial charge in [0.2, 0.25) is 0 Å². The zero-order valence-corrected chi connectivity index (χ0v) is 13.6. The smallest absolute Gasteiger partial charge is 0.276 e. The van der Waals surface area contributed by atoms with Crippen LogP contribution in [0, 0.1) is 23.2 Å². The molecule has 4 saturated carbocycles. The molecule has 4 aliphatic carbocycles. The van der Waals surface area contributed by atoms with Crippen molar-refractivity contribution in [1.29, 1.82) is 0 Å². The Kier molecular flexibility index (Phi) is 2.80. The normalized spacial score (nSPS) is 37.3. The molecule has 1 aromatic carbocycles. The second-order valence-electron chi connectivity index (χ2n) is 8.52. The summed E-state index contributed by atoms with van der Waals surface area (Å²) in [5, 5.41) is 0. The summed E-state index contributed by atoms with van der Waals surface area (Å²) in [5.74, 6) is 3.72. The Morgan fingerprint density at radius 3 is 2.30 bits per heavy atom. The molecular formula is C20H25N2O+. The van der Waals surface area contributed by atoms with Crippen molar-refractivity contribution in [1.82, 2.24) is 0 Å². The van der Waals surface area contributed by atoms with E-state index in [1.165, 1.54) is 24.8 Å². The van der Waals surface area contributed by atoms with Crippen molar-refractivity contribution in [2.75, 3.05) is 6.54 Å². The second-order valence-corrected chi connectivity index (χ2v) is 8.52. The first-order valence-corrected chi connectivity index (χ1v) is 9.12. The van der Waals surface area contributed by atoms with E-state index < -0.39 is 0 Å². The fourth-order valence-corrected chi connectivity index (χ4v) is 6.30. The molecule has 0 spiro atoms. The van der Waals surface area contributed by atoms with Crippen molar-refractivity contribution >= 4 is 11.6 Å². The van der Waals surface area contributed by atoms with Gasteiger partial charge in [-0.3, -0.25) is 15.1 Å². The molecule has 120 valence electrons. The van der Waals surface area contributed by atoms with Crippen LogP contribution in [0.3, 0.4) is 0 Å². The monoisotopic (exact) mass is 309 g/mol. The first-order chi connectivity index (χ1) is 11.1. The highest BCUT2D eigenvalue weighted by atomic mass is 16.1. The van der Waals surface area contributed by atoms with Crippen molar-refractivity contribution < 1.29 is 9.37 Å². The van der Waals surface area contributed by atoms with Crippen LogP contribution in [-0.4, -0.2) is 22.7 Å². The maximum Gasteiger partial charge on any atom is 0.276 e. The zero-order valence-electron chi connectivity index (χ0n) is 13.6. The van der Waals surface area contributed by atoms with Crippen molar-refractivity contribution in [3.05, 3.63) is 35.4 Å². The van der Waals surface area contributed by atoms with Crippen LogP contribution in [0.25, 0.3) is 0 Å². The average Bonchev–Trinajstić information content (AvgIpc) is 2.83. The van der Waals surface area contributed by atoms with Gasteiger partial charge in [-0.05, 0) is 62.3 Å². The minimum Gasteiger partial charge on any atom is -0.295 e. The molecular weight excluding hydrogens is 284 g/mol. The number of amidine groups is 1. The van der Waals surface area contributed by atoms with Gasteiger partial charge in [-0.25, -0.2) is 0 Å². The molecule has 0 unspecified atom stereocenters.